The van der Waals surface area contributed by atoms with Gasteiger partial charge in [-0.2, -0.15) is 0 Å². The lowest BCUT2D eigenvalue weighted by Gasteiger charge is -2.04. The number of nitrogens with two attached hydrogens (primary N) is 1. The van der Waals surface area contributed by atoms with Gasteiger partial charge in [-0.15, -0.1) is 11.3 Å². The fourth-order valence-corrected chi connectivity index (χ4v) is 2.24. The molecule has 1 heterocycles. The molecule has 2 rings (SSSR count). The van der Waals surface area contributed by atoms with Gasteiger partial charge in [0.1, 0.15) is 12.4 Å². The van der Waals surface area contributed by atoms with E-state index in [1.807, 2.05) is 29.6 Å². The van der Waals surface area contributed by atoms with Crippen molar-refractivity contribution >= 4 is 17.0 Å². The maximum absolute atomic E-state index is 5.68. The third-order valence-electron chi connectivity index (χ3n) is 2.31. The quantitative estimate of drug-likeness (QED) is 0.843. The van der Waals surface area contributed by atoms with Crippen molar-refractivity contribution in [2.45, 2.75) is 26.4 Å². The molecule has 0 bridgehead atoms. The van der Waals surface area contributed by atoms with Crippen molar-refractivity contribution in [1.29, 1.82) is 0 Å². The van der Waals surface area contributed by atoms with Gasteiger partial charge >= 0.3 is 0 Å². The zero-order valence-electron chi connectivity index (χ0n) is 10.0. The molecule has 0 saturated carbocycles. The minimum atomic E-state index is 0.473. The smallest absolute Gasteiger partial charge is 0.131 e. The van der Waals surface area contributed by atoms with E-state index in [-0.39, 0.29) is 0 Å². The Labute approximate surface area is 105 Å². The van der Waals surface area contributed by atoms with Crippen molar-refractivity contribution in [3.8, 4) is 5.75 Å². The number of thiazole rings is 1. The molecule has 4 heteroatoms. The summed E-state index contributed by atoms with van der Waals surface area (Å²) >= 11 is 1.68. The summed E-state index contributed by atoms with van der Waals surface area (Å²) in [6, 6.07) is 7.43. The van der Waals surface area contributed by atoms with Gasteiger partial charge in [0.25, 0.3) is 0 Å². The zero-order chi connectivity index (χ0) is 12.3. The molecule has 1 aromatic heterocycles. The number of aromatic nitrogens is 1. The van der Waals surface area contributed by atoms with Gasteiger partial charge in [0, 0.05) is 23.1 Å². The number of nitrogens with zero attached hydrogens (tertiary/aromatic N) is 1. The van der Waals surface area contributed by atoms with Gasteiger partial charge in [-0.3, -0.25) is 0 Å². The number of anilines is 1. The third kappa shape index (κ3) is 3.20. The van der Waals surface area contributed by atoms with Gasteiger partial charge in [-0.1, -0.05) is 19.9 Å². The van der Waals surface area contributed by atoms with Gasteiger partial charge in [0.05, 0.1) is 10.7 Å². The van der Waals surface area contributed by atoms with Crippen LogP contribution >= 0.6 is 11.3 Å². The number of benzene rings is 1. The van der Waals surface area contributed by atoms with E-state index in [9.17, 15) is 0 Å². The Kier molecular flexibility index (Phi) is 3.64. The van der Waals surface area contributed by atoms with Crippen molar-refractivity contribution in [2.75, 3.05) is 5.73 Å². The van der Waals surface area contributed by atoms with Crippen molar-refractivity contribution in [3.05, 3.63) is 40.3 Å². The van der Waals surface area contributed by atoms with Crippen LogP contribution in [-0.4, -0.2) is 4.98 Å². The van der Waals surface area contributed by atoms with Gasteiger partial charge in [-0.25, -0.2) is 4.98 Å². The molecule has 0 aliphatic carbocycles. The van der Waals surface area contributed by atoms with E-state index in [0.717, 1.165) is 16.5 Å². The second-order valence-electron chi connectivity index (χ2n) is 4.19. The summed E-state index contributed by atoms with van der Waals surface area (Å²) in [5, 5.41) is 3.19. The molecule has 0 unspecified atom stereocenters. The second-order valence-corrected chi connectivity index (χ2v) is 5.08. The average Bonchev–Trinajstić information content (AvgIpc) is 2.75. The minimum Gasteiger partial charge on any atom is -0.487 e. The number of ether oxygens (including phenoxy) is 1. The van der Waals surface area contributed by atoms with E-state index in [1.54, 1.807) is 11.3 Å². The Morgan fingerprint density at radius 1 is 1.41 bits per heavy atom. The molecule has 0 radical (unpaired) electrons. The molecule has 0 aliphatic rings. The van der Waals surface area contributed by atoms with Crippen molar-refractivity contribution in [3.63, 3.8) is 0 Å². The highest BCUT2D eigenvalue weighted by molar-refractivity contribution is 7.09. The summed E-state index contributed by atoms with van der Waals surface area (Å²) in [6.07, 6.45) is 0. The van der Waals surface area contributed by atoms with Crippen LogP contribution in [0.25, 0.3) is 0 Å². The molecule has 0 saturated heterocycles. The SMILES string of the molecule is CC(C)c1nc(COc2cccc(N)c2)cs1. The maximum Gasteiger partial charge on any atom is 0.131 e. The highest BCUT2D eigenvalue weighted by Crippen LogP contribution is 2.21. The van der Waals surface area contributed by atoms with Crippen molar-refractivity contribution < 1.29 is 4.74 Å². The number of rotatable bonds is 4. The summed E-state index contributed by atoms with van der Waals surface area (Å²) in [5.41, 5.74) is 7.36. The highest BCUT2D eigenvalue weighted by Gasteiger charge is 2.06. The first-order valence-corrected chi connectivity index (χ1v) is 6.46. The van der Waals surface area contributed by atoms with E-state index in [4.69, 9.17) is 10.5 Å². The van der Waals surface area contributed by atoms with Crippen LogP contribution in [0.4, 0.5) is 5.69 Å². The van der Waals surface area contributed by atoms with Crippen LogP contribution in [0.5, 0.6) is 5.75 Å². The molecule has 0 amide bonds. The monoisotopic (exact) mass is 248 g/mol. The molecule has 0 fully saturated rings. The number of nitrogen functional groups attached to an aromatic ring is 1. The van der Waals surface area contributed by atoms with Crippen LogP contribution in [0.2, 0.25) is 0 Å². The molecular weight excluding hydrogens is 232 g/mol. The zero-order valence-corrected chi connectivity index (χ0v) is 10.8. The molecule has 3 nitrogen and oxygen atoms in total. The molecule has 2 N–H and O–H groups in total. The fraction of sp³-hybridized carbons (Fsp3) is 0.308. The first-order valence-electron chi connectivity index (χ1n) is 5.58. The molecule has 17 heavy (non-hydrogen) atoms. The average molecular weight is 248 g/mol. The normalized spacial score (nSPS) is 10.8. The van der Waals surface area contributed by atoms with E-state index in [0.29, 0.717) is 18.2 Å². The molecule has 0 atom stereocenters. The Morgan fingerprint density at radius 3 is 2.88 bits per heavy atom. The Hall–Kier alpha value is -1.55. The summed E-state index contributed by atoms with van der Waals surface area (Å²) in [4.78, 5) is 4.51. The first kappa shape index (κ1) is 11.9. The lowest BCUT2D eigenvalue weighted by atomic mass is 10.2. The second kappa shape index (κ2) is 5.19. The van der Waals surface area contributed by atoms with Gasteiger partial charge < -0.3 is 10.5 Å². The summed E-state index contributed by atoms with van der Waals surface area (Å²) in [5.74, 6) is 1.25. The van der Waals surface area contributed by atoms with E-state index in [1.165, 1.54) is 0 Å². The highest BCUT2D eigenvalue weighted by atomic mass is 32.1. The standard InChI is InChI=1S/C13H16N2OS/c1-9(2)13-15-11(8-17-13)7-16-12-5-3-4-10(14)6-12/h3-6,8-9H,7,14H2,1-2H3. The van der Waals surface area contributed by atoms with Crippen molar-refractivity contribution in [1.82, 2.24) is 4.98 Å². The topological polar surface area (TPSA) is 48.1 Å². The summed E-state index contributed by atoms with van der Waals surface area (Å²) in [7, 11) is 0. The largest absolute Gasteiger partial charge is 0.487 e. The van der Waals surface area contributed by atoms with E-state index in [2.05, 4.69) is 18.8 Å². The predicted octanol–water partition coefficient (Wildman–Crippen LogP) is 3.43. The van der Waals surface area contributed by atoms with Gasteiger partial charge in [-0.05, 0) is 12.1 Å². The molecule has 0 spiro atoms. The van der Waals surface area contributed by atoms with E-state index < -0.39 is 0 Å². The molecule has 1 aromatic carbocycles. The van der Waals surface area contributed by atoms with Crippen LogP contribution in [0.15, 0.2) is 29.6 Å². The van der Waals surface area contributed by atoms with Crippen LogP contribution in [-0.2, 0) is 6.61 Å². The molecule has 90 valence electrons. The first-order chi connectivity index (χ1) is 8.15. The Morgan fingerprint density at radius 2 is 2.24 bits per heavy atom. The number of hydrogen-bond acceptors (Lipinski definition) is 4. The lowest BCUT2D eigenvalue weighted by Crippen LogP contribution is -1.97. The molecule has 0 aliphatic heterocycles. The van der Waals surface area contributed by atoms with Crippen LogP contribution in [0, 0.1) is 0 Å². The summed E-state index contributed by atoms with van der Waals surface area (Å²) in [6.45, 7) is 4.77. The van der Waals surface area contributed by atoms with E-state index >= 15 is 0 Å². The van der Waals surface area contributed by atoms with Crippen LogP contribution in [0.1, 0.15) is 30.5 Å². The third-order valence-corrected chi connectivity index (χ3v) is 3.50. The fourth-order valence-electron chi connectivity index (χ4n) is 1.42. The molecular formula is C13H16N2OS. The Bertz CT molecular complexity index is 494. The predicted molar refractivity (Wildman–Crippen MR) is 71.4 cm³/mol. The summed E-state index contributed by atoms with van der Waals surface area (Å²) < 4.78 is 5.63. The minimum absolute atomic E-state index is 0.473. The lowest BCUT2D eigenvalue weighted by molar-refractivity contribution is 0.302. The maximum atomic E-state index is 5.68. The number of hydrogen-bond donors (Lipinski definition) is 1. The Balaban J connectivity index is 1.97. The van der Waals surface area contributed by atoms with Crippen molar-refractivity contribution in [2.24, 2.45) is 0 Å². The van der Waals surface area contributed by atoms with Crippen LogP contribution in [0.3, 0.4) is 0 Å². The van der Waals surface area contributed by atoms with Gasteiger partial charge in [0.2, 0.25) is 0 Å². The van der Waals surface area contributed by atoms with Crippen LogP contribution < -0.4 is 10.5 Å². The van der Waals surface area contributed by atoms with Gasteiger partial charge in [0.15, 0.2) is 0 Å². The molecule has 2 aromatic rings.